The molecule has 2 heterocycles. The molecule has 0 aliphatic carbocycles. The Balaban J connectivity index is 2.07. The van der Waals surface area contributed by atoms with Crippen molar-refractivity contribution in [3.05, 3.63) is 77.1 Å². The van der Waals surface area contributed by atoms with E-state index in [0.29, 0.717) is 33.9 Å². The minimum Gasteiger partial charge on any atom is -0.490 e. The number of benzene rings is 2. The van der Waals surface area contributed by atoms with Crippen molar-refractivity contribution in [2.75, 3.05) is 36.0 Å². The SMILES string of the molecule is CCN(CC)c1ccc(C2(c3ccc(N(CC)CC)cc3OC(C)C)OC(=O)c3cccnc32)c(OC(C)C)c1. The molecule has 40 heavy (non-hydrogen) atoms. The molecule has 7 nitrogen and oxygen atoms in total. The average molecular weight is 546 g/mol. The first-order valence-electron chi connectivity index (χ1n) is 14.5. The maximum atomic E-state index is 13.5. The topological polar surface area (TPSA) is 64.1 Å². The average Bonchev–Trinajstić information content (AvgIpc) is 3.22. The van der Waals surface area contributed by atoms with Crippen molar-refractivity contribution < 1.29 is 19.0 Å². The minimum atomic E-state index is -1.36. The van der Waals surface area contributed by atoms with Gasteiger partial charge in [-0.2, -0.15) is 0 Å². The number of cyclic esters (lactones) is 1. The Morgan fingerprint density at radius 2 is 1.25 bits per heavy atom. The van der Waals surface area contributed by atoms with Crippen molar-refractivity contribution in [3.63, 3.8) is 0 Å². The van der Waals surface area contributed by atoms with Gasteiger partial charge in [-0.05, 0) is 91.8 Å². The maximum Gasteiger partial charge on any atom is 0.341 e. The highest BCUT2D eigenvalue weighted by atomic mass is 16.6. The van der Waals surface area contributed by atoms with Gasteiger partial charge < -0.3 is 24.0 Å². The van der Waals surface area contributed by atoms with E-state index in [0.717, 1.165) is 37.6 Å². The van der Waals surface area contributed by atoms with E-state index in [1.54, 1.807) is 18.3 Å². The fourth-order valence-electron chi connectivity index (χ4n) is 5.48. The number of hydrogen-bond donors (Lipinski definition) is 0. The number of fused-ring (bicyclic) bond motifs is 1. The molecule has 0 amide bonds. The predicted molar refractivity (Wildman–Crippen MR) is 161 cm³/mol. The Morgan fingerprint density at radius 1 is 0.775 bits per heavy atom. The zero-order chi connectivity index (χ0) is 29.0. The number of ether oxygens (including phenoxy) is 3. The molecule has 0 atom stereocenters. The fourth-order valence-corrected chi connectivity index (χ4v) is 5.48. The lowest BCUT2D eigenvalue weighted by atomic mass is 9.81. The van der Waals surface area contributed by atoms with Crippen LogP contribution in [0, 0.1) is 0 Å². The third-order valence-electron chi connectivity index (χ3n) is 7.28. The lowest BCUT2D eigenvalue weighted by molar-refractivity contribution is 0.0222. The smallest absolute Gasteiger partial charge is 0.341 e. The first kappa shape index (κ1) is 29.2. The highest BCUT2D eigenvalue weighted by molar-refractivity contribution is 5.96. The highest BCUT2D eigenvalue weighted by Crippen LogP contribution is 2.52. The number of aromatic nitrogens is 1. The molecule has 1 aliphatic rings. The Morgan fingerprint density at radius 3 is 1.68 bits per heavy atom. The molecule has 0 radical (unpaired) electrons. The van der Waals surface area contributed by atoms with E-state index in [4.69, 9.17) is 19.2 Å². The van der Waals surface area contributed by atoms with E-state index < -0.39 is 11.6 Å². The van der Waals surface area contributed by atoms with E-state index in [1.165, 1.54) is 0 Å². The molecule has 7 heteroatoms. The molecule has 0 fully saturated rings. The van der Waals surface area contributed by atoms with Crippen LogP contribution in [0.25, 0.3) is 0 Å². The van der Waals surface area contributed by atoms with Gasteiger partial charge in [-0.3, -0.25) is 4.98 Å². The van der Waals surface area contributed by atoms with Crippen LogP contribution in [-0.2, 0) is 10.3 Å². The Bertz CT molecular complexity index is 1260. The van der Waals surface area contributed by atoms with Gasteiger partial charge in [0.15, 0.2) is 0 Å². The van der Waals surface area contributed by atoms with Crippen LogP contribution in [-0.4, -0.2) is 49.3 Å². The third-order valence-corrected chi connectivity index (χ3v) is 7.28. The molecule has 1 aromatic heterocycles. The van der Waals surface area contributed by atoms with Crippen LogP contribution in [0.15, 0.2) is 54.7 Å². The van der Waals surface area contributed by atoms with E-state index in [-0.39, 0.29) is 12.2 Å². The quantitative estimate of drug-likeness (QED) is 0.232. The van der Waals surface area contributed by atoms with Gasteiger partial charge in [0, 0.05) is 67.0 Å². The van der Waals surface area contributed by atoms with Gasteiger partial charge >= 0.3 is 5.97 Å². The molecule has 2 aromatic carbocycles. The van der Waals surface area contributed by atoms with E-state index in [1.807, 2.05) is 52.0 Å². The first-order valence-corrected chi connectivity index (χ1v) is 14.5. The van der Waals surface area contributed by atoms with Crippen LogP contribution in [0.3, 0.4) is 0 Å². The number of anilines is 2. The lowest BCUT2D eigenvalue weighted by Crippen LogP contribution is -2.33. The summed E-state index contributed by atoms with van der Waals surface area (Å²) in [4.78, 5) is 22.8. The summed E-state index contributed by atoms with van der Waals surface area (Å²) in [5.74, 6) is 0.873. The molecule has 0 bridgehead atoms. The molecule has 0 N–H and O–H groups in total. The third kappa shape index (κ3) is 5.34. The first-order chi connectivity index (χ1) is 19.2. The maximum absolute atomic E-state index is 13.5. The van der Waals surface area contributed by atoms with E-state index >= 15 is 0 Å². The fraction of sp³-hybridized carbons (Fsp3) is 0.455. The second kappa shape index (κ2) is 12.2. The van der Waals surface area contributed by atoms with Gasteiger partial charge in [-0.15, -0.1) is 0 Å². The molecule has 3 aromatic rings. The van der Waals surface area contributed by atoms with Crippen molar-refractivity contribution in [1.29, 1.82) is 0 Å². The predicted octanol–water partition coefficient (Wildman–Crippen LogP) is 6.81. The highest BCUT2D eigenvalue weighted by Gasteiger charge is 2.53. The zero-order valence-electron chi connectivity index (χ0n) is 25.2. The van der Waals surface area contributed by atoms with Gasteiger partial charge in [0.1, 0.15) is 17.2 Å². The summed E-state index contributed by atoms with van der Waals surface area (Å²) in [5, 5.41) is 0. The van der Waals surface area contributed by atoms with Crippen molar-refractivity contribution >= 4 is 17.3 Å². The van der Waals surface area contributed by atoms with Crippen molar-refractivity contribution in [3.8, 4) is 11.5 Å². The monoisotopic (exact) mass is 545 g/mol. The summed E-state index contributed by atoms with van der Waals surface area (Å²) in [6.45, 7) is 20.0. The molecule has 0 saturated carbocycles. The van der Waals surface area contributed by atoms with Gasteiger partial charge in [0.25, 0.3) is 0 Å². The molecule has 0 unspecified atom stereocenters. The lowest BCUT2D eigenvalue weighted by Gasteiger charge is -2.34. The Labute approximate surface area is 239 Å². The van der Waals surface area contributed by atoms with E-state index in [9.17, 15) is 4.79 Å². The van der Waals surface area contributed by atoms with Gasteiger partial charge in [0.2, 0.25) is 5.60 Å². The molecule has 214 valence electrons. The second-order valence-corrected chi connectivity index (χ2v) is 10.5. The number of esters is 1. The van der Waals surface area contributed by atoms with Crippen LogP contribution in [0.1, 0.15) is 82.6 Å². The summed E-state index contributed by atoms with van der Waals surface area (Å²) in [5.41, 5.74) is 3.13. The number of carbonyl (C=O) groups excluding carboxylic acids is 1. The molecular weight excluding hydrogens is 502 g/mol. The van der Waals surface area contributed by atoms with Crippen LogP contribution in [0.5, 0.6) is 11.5 Å². The normalized spacial score (nSPS) is 13.8. The van der Waals surface area contributed by atoms with Gasteiger partial charge in [-0.1, -0.05) is 0 Å². The summed E-state index contributed by atoms with van der Waals surface area (Å²) in [6, 6.07) is 15.8. The van der Waals surface area contributed by atoms with Crippen molar-refractivity contribution in [2.24, 2.45) is 0 Å². The zero-order valence-corrected chi connectivity index (χ0v) is 25.2. The standard InChI is InChI=1S/C33H43N3O4/c1-9-35(10-2)24-15-17-27(29(20-24)38-22(5)6)33(31-26(32(37)40-33)14-13-19-34-31)28-18-16-25(36(11-3)12-4)21-30(28)39-23(7)8/h13-23H,9-12H2,1-8H3. The van der Waals surface area contributed by atoms with Gasteiger partial charge in [-0.25, -0.2) is 4.79 Å². The van der Waals surface area contributed by atoms with Crippen molar-refractivity contribution in [1.82, 2.24) is 4.98 Å². The molecule has 0 saturated heterocycles. The summed E-state index contributed by atoms with van der Waals surface area (Å²) < 4.78 is 19.4. The van der Waals surface area contributed by atoms with Gasteiger partial charge in [0.05, 0.1) is 17.8 Å². The Hall–Kier alpha value is -3.74. The molecule has 4 rings (SSSR count). The van der Waals surface area contributed by atoms with E-state index in [2.05, 4.69) is 49.6 Å². The van der Waals surface area contributed by atoms with Crippen LogP contribution < -0.4 is 19.3 Å². The summed E-state index contributed by atoms with van der Waals surface area (Å²) >= 11 is 0. The van der Waals surface area contributed by atoms with Crippen LogP contribution >= 0.6 is 0 Å². The minimum absolute atomic E-state index is 0.0977. The number of carbonyl (C=O) groups is 1. The Kier molecular flexibility index (Phi) is 8.92. The van der Waals surface area contributed by atoms with Crippen LogP contribution in [0.4, 0.5) is 11.4 Å². The summed E-state index contributed by atoms with van der Waals surface area (Å²) in [7, 11) is 0. The summed E-state index contributed by atoms with van der Waals surface area (Å²) in [6.07, 6.45) is 1.51. The molecule has 1 aliphatic heterocycles. The number of hydrogen-bond acceptors (Lipinski definition) is 7. The largest absolute Gasteiger partial charge is 0.490 e. The van der Waals surface area contributed by atoms with Crippen molar-refractivity contribution in [2.45, 2.75) is 73.2 Å². The number of nitrogens with zero attached hydrogens (tertiary/aromatic N) is 3. The molecule has 0 spiro atoms. The number of pyridine rings is 1. The van der Waals surface area contributed by atoms with Crippen LogP contribution in [0.2, 0.25) is 0 Å². The second-order valence-electron chi connectivity index (χ2n) is 10.5. The number of rotatable bonds is 12. The molecular formula is C33H43N3O4.